The van der Waals surface area contributed by atoms with E-state index in [1.165, 1.54) is 88.4 Å². The zero-order chi connectivity index (χ0) is 32.2. The molecule has 13 rings (SSSR count). The number of fused-ring (bicyclic) bond motifs is 2. The van der Waals surface area contributed by atoms with Gasteiger partial charge >= 0.3 is 0 Å². The molecular weight excluding hydrogens is 658 g/mol. The van der Waals surface area contributed by atoms with Gasteiger partial charge < -0.3 is 28.7 Å². The Balaban J connectivity index is 1.06. The number of hydrogen-bond acceptors (Lipinski definition) is 6. The minimum absolute atomic E-state index is 0.259. The van der Waals surface area contributed by atoms with E-state index in [9.17, 15) is 0 Å². The van der Waals surface area contributed by atoms with Crippen LogP contribution in [-0.4, -0.2) is 107 Å². The molecule has 0 amide bonds. The Bertz CT molecular complexity index is 1520. The maximum atomic E-state index is 7.92. The van der Waals surface area contributed by atoms with Gasteiger partial charge in [-0.2, -0.15) is 0 Å². The van der Waals surface area contributed by atoms with Crippen LogP contribution in [0.5, 0.6) is 0 Å². The molecule has 264 valence electrons. The summed E-state index contributed by atoms with van der Waals surface area (Å²) in [6, 6.07) is 25.2. The van der Waals surface area contributed by atoms with Gasteiger partial charge in [0.1, 0.15) is 0 Å². The molecule has 50 heavy (non-hydrogen) atoms. The monoisotopic (exact) mass is 710 g/mol. The Hall–Kier alpha value is -1.26. The van der Waals surface area contributed by atoms with Crippen molar-refractivity contribution in [2.75, 3.05) is 9.80 Å². The average molecular weight is 711 g/mol. The van der Waals surface area contributed by atoms with Crippen molar-refractivity contribution in [3.05, 3.63) is 60.7 Å². The molecule has 0 radical (unpaired) electrons. The lowest BCUT2D eigenvalue weighted by atomic mass is 9.76. The van der Waals surface area contributed by atoms with Gasteiger partial charge in [0.2, 0.25) is 0 Å². The van der Waals surface area contributed by atoms with E-state index in [2.05, 4.69) is 70.5 Å². The number of nitrogens with zero attached hydrogens (tertiary/aromatic N) is 2. The second kappa shape index (κ2) is 11.1. The summed E-state index contributed by atoms with van der Waals surface area (Å²) in [4.78, 5) is 6.02. The van der Waals surface area contributed by atoms with Crippen LogP contribution in [0.15, 0.2) is 60.7 Å². The summed E-state index contributed by atoms with van der Waals surface area (Å²) in [5.41, 5.74) is 6.41. The molecule has 6 aliphatic heterocycles. The van der Waals surface area contributed by atoms with Crippen LogP contribution in [0.2, 0.25) is 0 Å². The Morgan fingerprint density at radius 3 is 1.18 bits per heavy atom. The minimum Gasteiger partial charge on any atom is -0.373 e. The lowest BCUT2D eigenvalue weighted by Crippen LogP contribution is -2.85. The lowest BCUT2D eigenvalue weighted by Gasteiger charge is -2.76. The highest BCUT2D eigenvalue weighted by molar-refractivity contribution is 7.61. The van der Waals surface area contributed by atoms with Crippen molar-refractivity contribution in [3.8, 4) is 0 Å². The second-order valence-corrected chi connectivity index (χ2v) is 23.2. The van der Waals surface area contributed by atoms with Gasteiger partial charge in [-0.25, -0.2) is 0 Å². The highest BCUT2D eigenvalue weighted by Crippen LogP contribution is 2.77. The topological polar surface area (TPSA) is 43.4 Å². The quantitative estimate of drug-likeness (QED) is 0.301. The van der Waals surface area contributed by atoms with Crippen LogP contribution in [0.25, 0.3) is 0 Å². The average Bonchev–Trinajstić information content (AvgIpc) is 3.17. The zero-order valence-corrected chi connectivity index (χ0v) is 30.9. The molecule has 20 atom stereocenters. The van der Waals surface area contributed by atoms with Crippen LogP contribution < -0.4 is 9.80 Å². The van der Waals surface area contributed by atoms with Gasteiger partial charge in [0.25, 0.3) is 0 Å². The molecule has 6 heterocycles. The van der Waals surface area contributed by atoms with Crippen LogP contribution in [0.1, 0.15) is 77.0 Å². The van der Waals surface area contributed by atoms with Gasteiger partial charge in [-0.1, -0.05) is 52.2 Å². The molecule has 8 heteroatoms. The predicted molar refractivity (Wildman–Crippen MR) is 200 cm³/mol. The largest absolute Gasteiger partial charge is 0.373 e. The number of para-hydroxylation sites is 2. The van der Waals surface area contributed by atoms with Gasteiger partial charge in [0, 0.05) is 57.4 Å². The van der Waals surface area contributed by atoms with E-state index >= 15 is 0 Å². The Kier molecular flexibility index (Phi) is 6.71. The number of rotatable bonds is 2. The van der Waals surface area contributed by atoms with E-state index < -0.39 is 0 Å². The first-order chi connectivity index (χ1) is 24.8. The molecule has 11 aliphatic rings. The lowest BCUT2D eigenvalue weighted by molar-refractivity contribution is -0.168. The molecule has 6 saturated heterocycles. The molecule has 0 aromatic heterocycles. The smallest absolute Gasteiger partial charge is 0.0877 e. The molecule has 20 unspecified atom stereocenters. The summed E-state index contributed by atoms with van der Waals surface area (Å²) < 4.78 is 30.4. The first kappa shape index (κ1) is 30.1. The van der Waals surface area contributed by atoms with E-state index in [1.54, 1.807) is 0 Å². The molecule has 11 fully saturated rings. The van der Waals surface area contributed by atoms with Crippen molar-refractivity contribution >= 4 is 27.2 Å². The maximum absolute atomic E-state index is 7.92. The van der Waals surface area contributed by atoms with E-state index in [1.807, 2.05) is 0 Å². The Morgan fingerprint density at radius 2 is 0.760 bits per heavy atom. The summed E-state index contributed by atoms with van der Waals surface area (Å²) in [6.45, 7) is 0. The normalized spacial score (nSPS) is 54.6. The molecule has 0 spiro atoms. The summed E-state index contributed by atoms with van der Waals surface area (Å²) in [7, 11) is -0.596. The van der Waals surface area contributed by atoms with E-state index in [0.717, 1.165) is 0 Å². The van der Waals surface area contributed by atoms with Crippen LogP contribution in [0.4, 0.5) is 11.4 Å². The fourth-order valence-electron chi connectivity index (χ4n) is 14.7. The van der Waals surface area contributed by atoms with Gasteiger partial charge in [0.05, 0.1) is 60.9 Å². The van der Waals surface area contributed by atoms with Crippen molar-refractivity contribution in [2.45, 2.75) is 184 Å². The molecule has 5 saturated carbocycles. The third kappa shape index (κ3) is 3.88. The van der Waals surface area contributed by atoms with Gasteiger partial charge in [-0.3, -0.25) is 0 Å². The van der Waals surface area contributed by atoms with Gasteiger partial charge in [-0.05, 0) is 101 Å². The second-order valence-electron chi connectivity index (χ2n) is 17.9. The summed E-state index contributed by atoms with van der Waals surface area (Å²) in [5, 5.41) is 0. The molecule has 6 nitrogen and oxygen atoms in total. The standard InChI is InChI=1S/C42H52N2O4P2/c1-3-11-23(12-4-1)43-25-15-7-17-27-37(25)49-39-29(45-27)19-10-22-32(39)48-36-34-42-35(33(43)41(36)49)47-31-21-9-20-30-40(31)50(42)38-26(16-8-18-28(38)46-30)44(34)24-13-5-2-6-14-24/h1-6,11-14,25-42H,7-10,15-22H2. The molecule has 2 aromatic carbocycles. The number of hydrogen-bond donors (Lipinski definition) is 0. The number of anilines is 2. The van der Waals surface area contributed by atoms with Gasteiger partial charge in [0.15, 0.2) is 0 Å². The zero-order valence-electron chi connectivity index (χ0n) is 29.1. The first-order valence-corrected chi connectivity index (χ1v) is 23.8. The molecule has 0 bridgehead atoms. The predicted octanol–water partition coefficient (Wildman–Crippen LogP) is 7.50. The summed E-state index contributed by atoms with van der Waals surface area (Å²) >= 11 is 0. The van der Waals surface area contributed by atoms with Crippen molar-refractivity contribution in [1.29, 1.82) is 0 Å². The third-order valence-corrected chi connectivity index (χ3v) is 24.0. The molecular formula is C42H52N2O4P2. The highest BCUT2D eigenvalue weighted by atomic mass is 31.1. The summed E-state index contributed by atoms with van der Waals surface area (Å²) in [6.07, 6.45) is 18.0. The van der Waals surface area contributed by atoms with Gasteiger partial charge in [-0.15, -0.1) is 0 Å². The summed E-state index contributed by atoms with van der Waals surface area (Å²) in [5.74, 6) is 0. The van der Waals surface area contributed by atoms with E-state index in [4.69, 9.17) is 18.9 Å². The van der Waals surface area contributed by atoms with Crippen LogP contribution in [0, 0.1) is 0 Å². The minimum atomic E-state index is -0.298. The van der Waals surface area contributed by atoms with E-state index in [0.29, 0.717) is 94.7 Å². The van der Waals surface area contributed by atoms with Crippen LogP contribution >= 0.6 is 15.8 Å². The Morgan fingerprint density at radius 1 is 0.400 bits per heavy atom. The van der Waals surface area contributed by atoms with Crippen molar-refractivity contribution in [1.82, 2.24) is 0 Å². The number of benzene rings is 2. The maximum Gasteiger partial charge on any atom is 0.0877 e. The fraction of sp³-hybridized carbons (Fsp3) is 0.714. The molecule has 2 aromatic rings. The van der Waals surface area contributed by atoms with Crippen LogP contribution in [-0.2, 0) is 18.9 Å². The SMILES string of the molecule is c1ccc(N2C3CCCC4OC5CCCC6OC7C8C9C(OC%10CCCC%11OC%12CCCC(C%12P9C%11%10)N8c8ccccc8)C2C7P(C56)C43)cc1. The number of ether oxygens (including phenoxy) is 4. The van der Waals surface area contributed by atoms with Crippen LogP contribution in [0.3, 0.4) is 0 Å². The molecule has 0 N–H and O–H groups in total. The van der Waals surface area contributed by atoms with E-state index in [-0.39, 0.29) is 28.1 Å². The Labute approximate surface area is 299 Å². The third-order valence-electron chi connectivity index (χ3n) is 15.9. The van der Waals surface area contributed by atoms with Crippen molar-refractivity contribution in [3.63, 3.8) is 0 Å². The van der Waals surface area contributed by atoms with Crippen molar-refractivity contribution in [2.24, 2.45) is 0 Å². The highest BCUT2D eigenvalue weighted by Gasteiger charge is 2.75. The first-order valence-electron chi connectivity index (χ1n) is 20.7. The molecule has 5 aliphatic carbocycles. The van der Waals surface area contributed by atoms with Crippen molar-refractivity contribution < 1.29 is 18.9 Å². The fourth-order valence-corrected chi connectivity index (χ4v) is 24.6.